The summed E-state index contributed by atoms with van der Waals surface area (Å²) in [5.74, 6) is -1.49. The number of oxazole rings is 1. The van der Waals surface area contributed by atoms with E-state index < -0.39 is 11.8 Å². The lowest BCUT2D eigenvalue weighted by molar-refractivity contribution is 0.0661. The number of carbonyl (C=O) groups is 1. The number of aromatic nitrogens is 1. The van der Waals surface area contributed by atoms with Gasteiger partial charge in [-0.15, -0.1) is 0 Å². The summed E-state index contributed by atoms with van der Waals surface area (Å²) in [6.07, 6.45) is 1.81. The largest absolute Gasteiger partial charge is 0.494 e. The van der Waals surface area contributed by atoms with E-state index in [4.69, 9.17) is 14.3 Å². The van der Waals surface area contributed by atoms with Gasteiger partial charge in [0.15, 0.2) is 11.6 Å². The fourth-order valence-corrected chi connectivity index (χ4v) is 2.04. The van der Waals surface area contributed by atoms with Crippen molar-refractivity contribution < 1.29 is 23.4 Å². The number of aromatic carboxylic acids is 1. The van der Waals surface area contributed by atoms with Crippen molar-refractivity contribution in [3.05, 3.63) is 35.5 Å². The molecule has 1 aliphatic rings. The standard InChI is InChI=1S/C14H12FNO4/c1-19-10-5-4-8(6-9(10)15)13-16-11(7-2-3-7)12(20-13)14(17)18/h4-7H,2-3H2,1H3,(H,17,18). The van der Waals surface area contributed by atoms with Crippen LogP contribution in [0.4, 0.5) is 4.39 Å². The first-order valence-electron chi connectivity index (χ1n) is 6.18. The fourth-order valence-electron chi connectivity index (χ4n) is 2.04. The smallest absolute Gasteiger partial charge is 0.373 e. The molecule has 20 heavy (non-hydrogen) atoms. The van der Waals surface area contributed by atoms with Crippen molar-refractivity contribution in [1.29, 1.82) is 0 Å². The van der Waals surface area contributed by atoms with Crippen molar-refractivity contribution in [2.24, 2.45) is 0 Å². The van der Waals surface area contributed by atoms with E-state index in [1.165, 1.54) is 19.2 Å². The van der Waals surface area contributed by atoms with Crippen LogP contribution in [0.1, 0.15) is 35.0 Å². The maximum atomic E-state index is 13.7. The van der Waals surface area contributed by atoms with Crippen molar-refractivity contribution in [2.45, 2.75) is 18.8 Å². The zero-order valence-corrected chi connectivity index (χ0v) is 10.7. The molecule has 0 spiro atoms. The number of hydrogen-bond donors (Lipinski definition) is 1. The van der Waals surface area contributed by atoms with E-state index in [0.29, 0.717) is 11.3 Å². The van der Waals surface area contributed by atoms with Crippen LogP contribution in [0.15, 0.2) is 22.6 Å². The second-order valence-corrected chi connectivity index (χ2v) is 4.66. The number of benzene rings is 1. The summed E-state index contributed by atoms with van der Waals surface area (Å²) in [5, 5.41) is 9.11. The molecule has 2 aromatic rings. The lowest BCUT2D eigenvalue weighted by Crippen LogP contribution is -1.98. The number of carboxylic acids is 1. The summed E-state index contributed by atoms with van der Waals surface area (Å²) in [6.45, 7) is 0. The molecular weight excluding hydrogens is 265 g/mol. The third kappa shape index (κ3) is 2.13. The van der Waals surface area contributed by atoms with Gasteiger partial charge in [0.25, 0.3) is 0 Å². The normalized spacial score (nSPS) is 14.3. The average molecular weight is 277 g/mol. The molecule has 1 aliphatic carbocycles. The molecule has 0 aliphatic heterocycles. The molecule has 5 nitrogen and oxygen atoms in total. The highest BCUT2D eigenvalue weighted by atomic mass is 19.1. The van der Waals surface area contributed by atoms with Gasteiger partial charge >= 0.3 is 5.97 Å². The topological polar surface area (TPSA) is 72.6 Å². The van der Waals surface area contributed by atoms with E-state index in [1.807, 2.05) is 0 Å². The Hall–Kier alpha value is -2.37. The Morgan fingerprint density at radius 3 is 2.80 bits per heavy atom. The molecule has 1 aromatic heterocycles. The number of halogens is 1. The first kappa shape index (κ1) is 12.7. The maximum absolute atomic E-state index is 13.7. The molecule has 0 bridgehead atoms. The predicted molar refractivity (Wildman–Crippen MR) is 67.4 cm³/mol. The summed E-state index contributed by atoms with van der Waals surface area (Å²) in [4.78, 5) is 15.3. The van der Waals surface area contributed by atoms with Gasteiger partial charge < -0.3 is 14.3 Å². The number of carboxylic acid groups (broad SMARTS) is 1. The first-order valence-corrected chi connectivity index (χ1v) is 6.18. The van der Waals surface area contributed by atoms with Gasteiger partial charge in [0.1, 0.15) is 0 Å². The Morgan fingerprint density at radius 1 is 1.50 bits per heavy atom. The molecule has 3 rings (SSSR count). The lowest BCUT2D eigenvalue weighted by Gasteiger charge is -2.02. The van der Waals surface area contributed by atoms with Crippen molar-refractivity contribution in [3.8, 4) is 17.2 Å². The van der Waals surface area contributed by atoms with E-state index >= 15 is 0 Å². The molecule has 0 radical (unpaired) electrons. The Bertz CT molecular complexity index is 676. The summed E-state index contributed by atoms with van der Waals surface area (Å²) >= 11 is 0. The van der Waals surface area contributed by atoms with Gasteiger partial charge in [-0.3, -0.25) is 0 Å². The van der Waals surface area contributed by atoms with Crippen molar-refractivity contribution in [2.75, 3.05) is 7.11 Å². The van der Waals surface area contributed by atoms with Crippen LogP contribution in [0.5, 0.6) is 5.75 Å². The number of methoxy groups -OCH3 is 1. The summed E-state index contributed by atoms with van der Waals surface area (Å²) in [7, 11) is 1.37. The number of rotatable bonds is 4. The average Bonchev–Trinajstić information content (AvgIpc) is 3.17. The molecule has 6 heteroatoms. The molecule has 1 heterocycles. The van der Waals surface area contributed by atoms with E-state index in [1.54, 1.807) is 6.07 Å². The maximum Gasteiger partial charge on any atom is 0.373 e. The van der Waals surface area contributed by atoms with Crippen LogP contribution in [-0.2, 0) is 0 Å². The Kier molecular flexibility index (Phi) is 2.93. The van der Waals surface area contributed by atoms with Crippen LogP contribution in [-0.4, -0.2) is 23.2 Å². The minimum Gasteiger partial charge on any atom is -0.494 e. The summed E-state index contributed by atoms with van der Waals surface area (Å²) in [5.41, 5.74) is 0.835. The van der Waals surface area contributed by atoms with Gasteiger partial charge in [-0.25, -0.2) is 14.2 Å². The molecular formula is C14H12FNO4. The van der Waals surface area contributed by atoms with Crippen molar-refractivity contribution >= 4 is 5.97 Å². The van der Waals surface area contributed by atoms with Crippen LogP contribution in [0.2, 0.25) is 0 Å². The van der Waals surface area contributed by atoms with Gasteiger partial charge in [0, 0.05) is 11.5 Å². The van der Waals surface area contributed by atoms with Gasteiger partial charge in [0.2, 0.25) is 11.7 Å². The minimum absolute atomic E-state index is 0.112. The van der Waals surface area contributed by atoms with E-state index in [0.717, 1.165) is 12.8 Å². The Labute approximate surface area is 114 Å². The number of nitrogens with zero attached hydrogens (tertiary/aromatic N) is 1. The Balaban J connectivity index is 2.03. The molecule has 0 saturated heterocycles. The zero-order valence-electron chi connectivity index (χ0n) is 10.7. The lowest BCUT2D eigenvalue weighted by atomic mass is 10.2. The summed E-state index contributed by atoms with van der Waals surface area (Å²) < 4.78 is 23.8. The quantitative estimate of drug-likeness (QED) is 0.929. The minimum atomic E-state index is -1.15. The summed E-state index contributed by atoms with van der Waals surface area (Å²) in [6, 6.07) is 4.25. The number of ether oxygens (including phenoxy) is 1. The van der Waals surface area contributed by atoms with Crippen LogP contribution in [0.3, 0.4) is 0 Å². The third-order valence-corrected chi connectivity index (χ3v) is 3.21. The molecule has 0 atom stereocenters. The zero-order chi connectivity index (χ0) is 14.3. The van der Waals surface area contributed by atoms with E-state index in [-0.39, 0.29) is 23.3 Å². The highest BCUT2D eigenvalue weighted by molar-refractivity contribution is 5.86. The fraction of sp³-hybridized carbons (Fsp3) is 0.286. The third-order valence-electron chi connectivity index (χ3n) is 3.21. The molecule has 0 unspecified atom stereocenters. The van der Waals surface area contributed by atoms with Crippen molar-refractivity contribution in [1.82, 2.24) is 4.98 Å². The molecule has 1 saturated carbocycles. The molecule has 1 fully saturated rings. The van der Waals surface area contributed by atoms with Crippen LogP contribution in [0, 0.1) is 5.82 Å². The SMILES string of the molecule is COc1ccc(-c2nc(C3CC3)c(C(=O)O)o2)cc1F. The van der Waals surface area contributed by atoms with Gasteiger partial charge in [-0.1, -0.05) is 0 Å². The number of hydrogen-bond acceptors (Lipinski definition) is 4. The highest BCUT2D eigenvalue weighted by Gasteiger charge is 2.33. The first-order chi connectivity index (χ1) is 9.60. The Morgan fingerprint density at radius 2 is 2.25 bits per heavy atom. The molecule has 104 valence electrons. The monoisotopic (exact) mass is 277 g/mol. The van der Waals surface area contributed by atoms with E-state index in [2.05, 4.69) is 4.98 Å². The van der Waals surface area contributed by atoms with Gasteiger partial charge in [-0.05, 0) is 31.0 Å². The van der Waals surface area contributed by atoms with E-state index in [9.17, 15) is 9.18 Å². The second-order valence-electron chi connectivity index (χ2n) is 4.66. The van der Waals surface area contributed by atoms with Gasteiger partial charge in [-0.2, -0.15) is 0 Å². The van der Waals surface area contributed by atoms with Crippen LogP contribution >= 0.6 is 0 Å². The molecule has 1 N–H and O–H groups in total. The van der Waals surface area contributed by atoms with Crippen LogP contribution in [0.25, 0.3) is 11.5 Å². The predicted octanol–water partition coefficient (Wildman–Crippen LogP) is 3.06. The molecule has 0 amide bonds. The second kappa shape index (κ2) is 4.63. The molecule has 1 aromatic carbocycles. The highest BCUT2D eigenvalue weighted by Crippen LogP contribution is 2.42. The van der Waals surface area contributed by atoms with Gasteiger partial charge in [0.05, 0.1) is 12.8 Å². The van der Waals surface area contributed by atoms with Crippen LogP contribution < -0.4 is 4.74 Å². The van der Waals surface area contributed by atoms with Crippen molar-refractivity contribution in [3.63, 3.8) is 0 Å².